The second-order valence-electron chi connectivity index (χ2n) is 4.07. The number of anilines is 1. The molecule has 0 unspecified atom stereocenters. The maximum atomic E-state index is 13.4. The lowest BCUT2D eigenvalue weighted by atomic mass is 10.1. The van der Waals surface area contributed by atoms with Crippen molar-refractivity contribution in [3.63, 3.8) is 0 Å². The highest BCUT2D eigenvalue weighted by molar-refractivity contribution is 5.39. The zero-order valence-corrected chi connectivity index (χ0v) is 10.00. The van der Waals surface area contributed by atoms with Gasteiger partial charge in [0.15, 0.2) is 17.5 Å². The summed E-state index contributed by atoms with van der Waals surface area (Å²) >= 11 is 0. The van der Waals surface area contributed by atoms with Crippen LogP contribution in [0.4, 0.5) is 14.6 Å². The van der Waals surface area contributed by atoms with E-state index in [0.717, 1.165) is 11.1 Å². The van der Waals surface area contributed by atoms with Gasteiger partial charge in [-0.15, -0.1) is 0 Å². The third kappa shape index (κ3) is 2.56. The molecule has 0 radical (unpaired) electrons. The van der Waals surface area contributed by atoms with Gasteiger partial charge in [0.2, 0.25) is 0 Å². The summed E-state index contributed by atoms with van der Waals surface area (Å²) in [7, 11) is 0. The number of nitrogen functional groups attached to an aromatic ring is 1. The van der Waals surface area contributed by atoms with E-state index in [9.17, 15) is 8.78 Å². The van der Waals surface area contributed by atoms with E-state index in [1.165, 1.54) is 0 Å². The van der Waals surface area contributed by atoms with E-state index < -0.39 is 17.5 Å². The first-order valence-electron chi connectivity index (χ1n) is 5.33. The third-order valence-electron chi connectivity index (χ3n) is 2.33. The van der Waals surface area contributed by atoms with Crippen molar-refractivity contribution in [3.05, 3.63) is 47.0 Å². The molecule has 0 aliphatic rings. The van der Waals surface area contributed by atoms with Crippen LogP contribution >= 0.6 is 0 Å². The molecule has 0 amide bonds. The predicted octanol–water partition coefficient (Wildman–Crippen LogP) is 3.35. The standard InChI is InChI=1S/C13H12F2N2O/c1-7-3-8(2)5-9(4-7)18-13-11(15)6-10(14)12(16)17-13/h3-6H,1-2H3,(H2,16,17). The van der Waals surface area contributed by atoms with Gasteiger partial charge < -0.3 is 10.5 Å². The first-order valence-corrected chi connectivity index (χ1v) is 5.33. The average molecular weight is 250 g/mol. The third-order valence-corrected chi connectivity index (χ3v) is 2.33. The maximum Gasteiger partial charge on any atom is 0.258 e. The lowest BCUT2D eigenvalue weighted by molar-refractivity contribution is 0.418. The van der Waals surface area contributed by atoms with Crippen LogP contribution in [-0.2, 0) is 0 Å². The highest BCUT2D eigenvalue weighted by Crippen LogP contribution is 2.26. The Morgan fingerprint density at radius 1 is 1.00 bits per heavy atom. The number of aromatic nitrogens is 1. The van der Waals surface area contributed by atoms with Gasteiger partial charge >= 0.3 is 0 Å². The van der Waals surface area contributed by atoms with Crippen molar-refractivity contribution in [3.8, 4) is 11.6 Å². The van der Waals surface area contributed by atoms with Crippen molar-refractivity contribution in [2.75, 3.05) is 5.73 Å². The lowest BCUT2D eigenvalue weighted by Crippen LogP contribution is -2.00. The Balaban J connectivity index is 2.36. The lowest BCUT2D eigenvalue weighted by Gasteiger charge is -2.08. The van der Waals surface area contributed by atoms with Gasteiger partial charge in [0.05, 0.1) is 0 Å². The summed E-state index contributed by atoms with van der Waals surface area (Å²) in [5.74, 6) is -2.08. The van der Waals surface area contributed by atoms with E-state index >= 15 is 0 Å². The van der Waals surface area contributed by atoms with E-state index in [1.807, 2.05) is 19.9 Å². The zero-order valence-electron chi connectivity index (χ0n) is 10.00. The Morgan fingerprint density at radius 3 is 2.22 bits per heavy atom. The number of hydrogen-bond donors (Lipinski definition) is 1. The maximum absolute atomic E-state index is 13.4. The van der Waals surface area contributed by atoms with Crippen LogP contribution in [0.5, 0.6) is 11.6 Å². The number of rotatable bonds is 2. The Hall–Kier alpha value is -2.17. The van der Waals surface area contributed by atoms with E-state index in [2.05, 4.69) is 4.98 Å². The van der Waals surface area contributed by atoms with E-state index in [0.29, 0.717) is 11.8 Å². The molecule has 0 spiro atoms. The average Bonchev–Trinajstić information content (AvgIpc) is 2.24. The van der Waals surface area contributed by atoms with Gasteiger partial charge in [-0.05, 0) is 37.1 Å². The van der Waals surface area contributed by atoms with E-state index in [-0.39, 0.29) is 5.88 Å². The first kappa shape index (κ1) is 12.3. The quantitative estimate of drug-likeness (QED) is 0.889. The molecule has 18 heavy (non-hydrogen) atoms. The molecular weight excluding hydrogens is 238 g/mol. The van der Waals surface area contributed by atoms with Gasteiger partial charge in [-0.25, -0.2) is 8.78 Å². The molecule has 0 fully saturated rings. The molecule has 0 aliphatic heterocycles. The minimum atomic E-state index is -0.903. The van der Waals surface area contributed by atoms with Crippen LogP contribution in [0.2, 0.25) is 0 Å². The Bertz CT molecular complexity index is 580. The minimum Gasteiger partial charge on any atom is -0.436 e. The molecule has 94 valence electrons. The Morgan fingerprint density at radius 2 is 1.61 bits per heavy atom. The van der Waals surface area contributed by atoms with Crippen molar-refractivity contribution < 1.29 is 13.5 Å². The Kier molecular flexibility index (Phi) is 3.14. The molecule has 1 aromatic heterocycles. The number of halogens is 2. The van der Waals surface area contributed by atoms with Crippen LogP contribution in [0.3, 0.4) is 0 Å². The summed E-state index contributed by atoms with van der Waals surface area (Å²) in [6, 6.07) is 6.07. The first-order chi connectivity index (χ1) is 8.45. The van der Waals surface area contributed by atoms with Gasteiger partial charge in [0, 0.05) is 6.07 Å². The molecule has 1 heterocycles. The minimum absolute atomic E-state index is 0.334. The highest BCUT2D eigenvalue weighted by Gasteiger charge is 2.12. The number of hydrogen-bond acceptors (Lipinski definition) is 3. The molecule has 0 bridgehead atoms. The molecule has 3 nitrogen and oxygen atoms in total. The summed E-state index contributed by atoms with van der Waals surface area (Å²) in [5.41, 5.74) is 7.22. The second-order valence-corrected chi connectivity index (χ2v) is 4.07. The largest absolute Gasteiger partial charge is 0.436 e. The summed E-state index contributed by atoms with van der Waals surface area (Å²) in [6.45, 7) is 3.78. The van der Waals surface area contributed by atoms with Gasteiger partial charge in [-0.1, -0.05) is 6.07 Å². The highest BCUT2D eigenvalue weighted by atomic mass is 19.1. The molecular formula is C13H12F2N2O. The molecule has 1 aromatic carbocycles. The van der Waals surface area contributed by atoms with Gasteiger partial charge in [0.25, 0.3) is 5.88 Å². The smallest absolute Gasteiger partial charge is 0.258 e. The fraction of sp³-hybridized carbons (Fsp3) is 0.154. The number of nitrogens with two attached hydrogens (primary N) is 1. The van der Waals surface area contributed by atoms with Gasteiger partial charge in [-0.2, -0.15) is 4.98 Å². The molecule has 2 rings (SSSR count). The van der Waals surface area contributed by atoms with Crippen molar-refractivity contribution in [1.29, 1.82) is 0 Å². The van der Waals surface area contributed by atoms with Gasteiger partial charge in [0.1, 0.15) is 5.75 Å². The Labute approximate surface area is 103 Å². The van der Waals surface area contributed by atoms with Crippen molar-refractivity contribution in [2.45, 2.75) is 13.8 Å². The molecule has 0 saturated carbocycles. The number of ether oxygens (including phenoxy) is 1. The van der Waals surface area contributed by atoms with Crippen LogP contribution in [0.15, 0.2) is 24.3 Å². The topological polar surface area (TPSA) is 48.1 Å². The van der Waals surface area contributed by atoms with Crippen LogP contribution in [0.1, 0.15) is 11.1 Å². The fourth-order valence-electron chi connectivity index (χ4n) is 1.64. The monoisotopic (exact) mass is 250 g/mol. The molecule has 2 N–H and O–H groups in total. The summed E-state index contributed by atoms with van der Waals surface area (Å²) in [4.78, 5) is 3.53. The fourth-order valence-corrected chi connectivity index (χ4v) is 1.64. The molecule has 0 atom stereocenters. The van der Waals surface area contributed by atoms with E-state index in [4.69, 9.17) is 10.5 Å². The van der Waals surface area contributed by atoms with E-state index in [1.54, 1.807) is 12.1 Å². The van der Waals surface area contributed by atoms with Crippen LogP contribution in [-0.4, -0.2) is 4.98 Å². The predicted molar refractivity (Wildman–Crippen MR) is 64.6 cm³/mol. The SMILES string of the molecule is Cc1cc(C)cc(Oc2nc(N)c(F)cc2F)c1. The number of aryl methyl sites for hydroxylation is 2. The number of pyridine rings is 1. The summed E-state index contributed by atoms with van der Waals surface area (Å²) < 4.78 is 31.7. The van der Waals surface area contributed by atoms with Crippen LogP contribution < -0.4 is 10.5 Å². The normalized spacial score (nSPS) is 10.4. The van der Waals surface area contributed by atoms with Crippen molar-refractivity contribution in [2.24, 2.45) is 0 Å². The summed E-state index contributed by atoms with van der Waals surface area (Å²) in [5, 5.41) is 0. The number of nitrogens with zero attached hydrogens (tertiary/aromatic N) is 1. The summed E-state index contributed by atoms with van der Waals surface area (Å²) in [6.07, 6.45) is 0. The molecule has 2 aromatic rings. The van der Waals surface area contributed by atoms with Crippen LogP contribution in [0.25, 0.3) is 0 Å². The molecule has 0 saturated heterocycles. The zero-order chi connectivity index (χ0) is 13.3. The van der Waals surface area contributed by atoms with Crippen LogP contribution in [0, 0.1) is 25.5 Å². The van der Waals surface area contributed by atoms with Gasteiger partial charge in [-0.3, -0.25) is 0 Å². The van der Waals surface area contributed by atoms with Crippen molar-refractivity contribution in [1.82, 2.24) is 4.98 Å². The molecule has 0 aliphatic carbocycles. The molecule has 5 heteroatoms. The number of benzene rings is 1. The second kappa shape index (κ2) is 4.60. The van der Waals surface area contributed by atoms with Crippen molar-refractivity contribution >= 4 is 5.82 Å².